The number of carbonyl (C=O) groups excluding carboxylic acids is 1. The van der Waals surface area contributed by atoms with Crippen LogP contribution < -0.4 is 5.32 Å². The Bertz CT molecular complexity index is 618. The molecule has 170 valence electrons. The number of likely N-dealkylation sites (N-methyl/N-ethyl adjacent to an activating group) is 1. The van der Waals surface area contributed by atoms with Crippen molar-refractivity contribution in [3.8, 4) is 0 Å². The van der Waals surface area contributed by atoms with Gasteiger partial charge in [0, 0.05) is 13.1 Å². The van der Waals surface area contributed by atoms with Gasteiger partial charge in [-0.1, -0.05) is 30.3 Å². The molecule has 2 rings (SSSR count). The molecule has 1 fully saturated rings. The van der Waals surface area contributed by atoms with Gasteiger partial charge in [-0.05, 0) is 19.0 Å². The number of hydrogen-bond donors (Lipinski definition) is 1. The van der Waals surface area contributed by atoms with Crippen molar-refractivity contribution in [3.05, 3.63) is 35.9 Å². The Morgan fingerprint density at radius 1 is 1.10 bits per heavy atom. The summed E-state index contributed by atoms with van der Waals surface area (Å²) in [5.41, 5.74) is 0.926. The zero-order valence-electron chi connectivity index (χ0n) is 17.0. The number of benzene rings is 1. The Morgan fingerprint density at radius 2 is 1.73 bits per heavy atom. The van der Waals surface area contributed by atoms with Gasteiger partial charge in [0.25, 0.3) is 0 Å². The summed E-state index contributed by atoms with van der Waals surface area (Å²) in [7, 11) is 1.77. The van der Waals surface area contributed by atoms with Gasteiger partial charge in [-0.25, -0.2) is 0 Å². The standard InChI is InChI=1S/C20H29F3N2O5/c1-24-18(16-5-3-2-4-6-16)19(26)25-8-7-17(15-25)29-13-11-27-9-10-28-12-14-30-20(21,22)23/h2-6,17-18,24H,7-15H2,1H3/t17-,18-/m0/s1. The Labute approximate surface area is 174 Å². The van der Waals surface area contributed by atoms with Crippen LogP contribution in [0.15, 0.2) is 30.3 Å². The Balaban J connectivity index is 1.54. The first kappa shape index (κ1) is 24.5. The van der Waals surface area contributed by atoms with Crippen molar-refractivity contribution in [3.63, 3.8) is 0 Å². The van der Waals surface area contributed by atoms with E-state index in [0.29, 0.717) is 26.3 Å². The average molecular weight is 434 g/mol. The van der Waals surface area contributed by atoms with Crippen molar-refractivity contribution in [1.82, 2.24) is 10.2 Å². The summed E-state index contributed by atoms with van der Waals surface area (Å²) < 4.78 is 54.9. The van der Waals surface area contributed by atoms with Crippen LogP contribution in [0.5, 0.6) is 0 Å². The number of nitrogens with one attached hydrogen (secondary N) is 1. The van der Waals surface area contributed by atoms with Gasteiger partial charge >= 0.3 is 6.36 Å². The van der Waals surface area contributed by atoms with Gasteiger partial charge in [-0.3, -0.25) is 9.53 Å². The SMILES string of the molecule is CN[C@H](C(=O)N1CC[C@H](OCCOCCOCCOC(F)(F)F)C1)c1ccccc1. The van der Waals surface area contributed by atoms with Crippen LogP contribution in [0.3, 0.4) is 0 Å². The predicted octanol–water partition coefficient (Wildman–Crippen LogP) is 2.13. The van der Waals surface area contributed by atoms with E-state index in [-0.39, 0.29) is 37.9 Å². The highest BCUT2D eigenvalue weighted by atomic mass is 19.4. The summed E-state index contributed by atoms with van der Waals surface area (Å²) >= 11 is 0. The van der Waals surface area contributed by atoms with Gasteiger partial charge in [-0.2, -0.15) is 0 Å². The molecule has 1 aromatic carbocycles. The number of likely N-dealkylation sites (tertiary alicyclic amines) is 1. The van der Waals surface area contributed by atoms with Crippen molar-refractivity contribution in [2.75, 3.05) is 59.8 Å². The van der Waals surface area contributed by atoms with Gasteiger partial charge < -0.3 is 24.4 Å². The summed E-state index contributed by atoms with van der Waals surface area (Å²) in [5, 5.41) is 3.07. The minimum atomic E-state index is -4.63. The molecule has 0 saturated carbocycles. The number of halogens is 3. The molecule has 0 aliphatic carbocycles. The molecular formula is C20H29F3N2O5. The van der Waals surface area contributed by atoms with Crippen molar-refractivity contribution in [2.24, 2.45) is 0 Å². The van der Waals surface area contributed by atoms with Crippen LogP contribution in [-0.2, 0) is 23.7 Å². The number of amides is 1. The molecule has 0 bridgehead atoms. The highest BCUT2D eigenvalue weighted by Gasteiger charge is 2.31. The lowest BCUT2D eigenvalue weighted by molar-refractivity contribution is -0.327. The van der Waals surface area contributed by atoms with Crippen LogP contribution in [-0.4, -0.2) is 83.1 Å². The molecule has 1 aliphatic rings. The molecule has 10 heteroatoms. The maximum Gasteiger partial charge on any atom is 0.522 e. The highest BCUT2D eigenvalue weighted by molar-refractivity contribution is 5.83. The third-order valence-electron chi connectivity index (χ3n) is 4.57. The first-order valence-electron chi connectivity index (χ1n) is 9.89. The van der Waals surface area contributed by atoms with E-state index in [0.717, 1.165) is 12.0 Å². The first-order chi connectivity index (χ1) is 14.4. The van der Waals surface area contributed by atoms with Crippen LogP contribution >= 0.6 is 0 Å². The fourth-order valence-electron chi connectivity index (χ4n) is 3.14. The second-order valence-corrected chi connectivity index (χ2v) is 6.72. The summed E-state index contributed by atoms with van der Waals surface area (Å²) in [6.45, 7) is 1.64. The Kier molecular flexibility index (Phi) is 10.5. The molecule has 30 heavy (non-hydrogen) atoms. The zero-order valence-corrected chi connectivity index (χ0v) is 17.0. The largest absolute Gasteiger partial charge is 0.522 e. The van der Waals surface area contributed by atoms with Crippen molar-refractivity contribution in [1.29, 1.82) is 0 Å². The van der Waals surface area contributed by atoms with Gasteiger partial charge in [0.05, 0.1) is 45.7 Å². The minimum Gasteiger partial charge on any atom is -0.377 e. The van der Waals surface area contributed by atoms with Crippen molar-refractivity contribution in [2.45, 2.75) is 24.9 Å². The van der Waals surface area contributed by atoms with E-state index in [9.17, 15) is 18.0 Å². The summed E-state index contributed by atoms with van der Waals surface area (Å²) in [5.74, 6) is 0.0256. The summed E-state index contributed by atoms with van der Waals surface area (Å²) in [6.07, 6.45) is -3.91. The summed E-state index contributed by atoms with van der Waals surface area (Å²) in [6, 6.07) is 9.20. The molecule has 1 aromatic rings. The number of ether oxygens (including phenoxy) is 4. The first-order valence-corrected chi connectivity index (χ1v) is 9.89. The van der Waals surface area contributed by atoms with Crippen LogP contribution in [0.2, 0.25) is 0 Å². The molecule has 1 heterocycles. The molecule has 0 unspecified atom stereocenters. The lowest BCUT2D eigenvalue weighted by Gasteiger charge is -2.23. The maximum atomic E-state index is 12.8. The quantitative estimate of drug-likeness (QED) is 0.480. The number of nitrogens with zero attached hydrogens (tertiary/aromatic N) is 1. The Morgan fingerprint density at radius 3 is 2.37 bits per heavy atom. The lowest BCUT2D eigenvalue weighted by atomic mass is 10.1. The third-order valence-corrected chi connectivity index (χ3v) is 4.57. The monoisotopic (exact) mass is 434 g/mol. The van der Waals surface area contributed by atoms with E-state index in [2.05, 4.69) is 10.1 Å². The maximum absolute atomic E-state index is 12.8. The number of hydrogen-bond acceptors (Lipinski definition) is 6. The van der Waals surface area contributed by atoms with E-state index in [4.69, 9.17) is 14.2 Å². The third kappa shape index (κ3) is 8.97. The molecule has 2 atom stereocenters. The molecule has 1 amide bonds. The van der Waals surface area contributed by atoms with E-state index in [1.165, 1.54) is 0 Å². The molecule has 1 saturated heterocycles. The van der Waals surface area contributed by atoms with Crippen molar-refractivity contribution >= 4 is 5.91 Å². The average Bonchev–Trinajstić information content (AvgIpc) is 3.19. The van der Waals surface area contributed by atoms with E-state index in [1.807, 2.05) is 30.3 Å². The van der Waals surface area contributed by atoms with Gasteiger partial charge in [0.1, 0.15) is 6.04 Å². The van der Waals surface area contributed by atoms with Gasteiger partial charge in [-0.15, -0.1) is 13.2 Å². The number of carbonyl (C=O) groups is 1. The van der Waals surface area contributed by atoms with Crippen LogP contribution in [0.1, 0.15) is 18.0 Å². The Hall–Kier alpha value is -1.72. The topological polar surface area (TPSA) is 69.3 Å². The zero-order chi connectivity index (χ0) is 21.8. The number of alkyl halides is 3. The second-order valence-electron chi connectivity index (χ2n) is 6.72. The summed E-state index contributed by atoms with van der Waals surface area (Å²) in [4.78, 5) is 14.6. The normalized spacial score (nSPS) is 18.0. The molecule has 0 spiro atoms. The van der Waals surface area contributed by atoms with Crippen LogP contribution in [0.25, 0.3) is 0 Å². The second kappa shape index (κ2) is 12.9. The minimum absolute atomic E-state index is 0.0256. The van der Waals surface area contributed by atoms with Crippen LogP contribution in [0, 0.1) is 0 Å². The van der Waals surface area contributed by atoms with E-state index in [1.54, 1.807) is 11.9 Å². The van der Waals surface area contributed by atoms with Gasteiger partial charge in [0.2, 0.25) is 5.91 Å². The fraction of sp³-hybridized carbons (Fsp3) is 0.650. The number of rotatable bonds is 13. The lowest BCUT2D eigenvalue weighted by Crippen LogP contribution is -2.39. The molecule has 7 nitrogen and oxygen atoms in total. The molecule has 1 aliphatic heterocycles. The van der Waals surface area contributed by atoms with E-state index >= 15 is 0 Å². The molecule has 0 aromatic heterocycles. The van der Waals surface area contributed by atoms with Crippen LogP contribution in [0.4, 0.5) is 13.2 Å². The fourth-order valence-corrected chi connectivity index (χ4v) is 3.14. The highest BCUT2D eigenvalue weighted by Crippen LogP contribution is 2.20. The van der Waals surface area contributed by atoms with Crippen molar-refractivity contribution < 1.29 is 36.9 Å². The molecule has 1 N–H and O–H groups in total. The van der Waals surface area contributed by atoms with E-state index < -0.39 is 13.0 Å². The predicted molar refractivity (Wildman–Crippen MR) is 103 cm³/mol. The molecular weight excluding hydrogens is 405 g/mol. The molecule has 0 radical (unpaired) electrons. The smallest absolute Gasteiger partial charge is 0.377 e. The van der Waals surface area contributed by atoms with Gasteiger partial charge in [0.15, 0.2) is 0 Å².